The van der Waals surface area contributed by atoms with Crippen molar-refractivity contribution >= 4 is 11.6 Å². The minimum Gasteiger partial charge on any atom is -0.0840 e. The third kappa shape index (κ3) is 2.21. The molecule has 0 heterocycles. The van der Waals surface area contributed by atoms with Crippen LogP contribution < -0.4 is 0 Å². The largest absolute Gasteiger partial charge is 0.0840 e. The van der Waals surface area contributed by atoms with Crippen molar-refractivity contribution in [3.8, 4) is 11.1 Å². The number of benzene rings is 2. The van der Waals surface area contributed by atoms with Crippen LogP contribution in [0.15, 0.2) is 48.5 Å². The average molecular weight is 217 g/mol. The highest BCUT2D eigenvalue weighted by Crippen LogP contribution is 2.25. The summed E-state index contributed by atoms with van der Waals surface area (Å²) in [5, 5.41) is 0.860. The third-order valence-electron chi connectivity index (χ3n) is 2.54. The standard InChI is InChI=1S/C14H13Cl/c1-2-11-8-9-13(10-14(11)15)12-6-4-3-5-7-12/h3-10H,2H2,1H3. The van der Waals surface area contributed by atoms with Crippen LogP contribution in [-0.2, 0) is 6.42 Å². The SMILES string of the molecule is CCc1ccc(-c2ccccc2)cc1Cl. The fraction of sp³-hybridized carbons (Fsp3) is 0.143. The van der Waals surface area contributed by atoms with Gasteiger partial charge in [0.2, 0.25) is 0 Å². The second-order valence-electron chi connectivity index (χ2n) is 3.53. The van der Waals surface area contributed by atoms with Crippen LogP contribution in [0.4, 0.5) is 0 Å². The maximum absolute atomic E-state index is 6.18. The Bertz CT molecular complexity index is 446. The van der Waals surface area contributed by atoms with Gasteiger partial charge in [0, 0.05) is 5.02 Å². The van der Waals surface area contributed by atoms with Gasteiger partial charge in [-0.05, 0) is 29.2 Å². The predicted molar refractivity (Wildman–Crippen MR) is 66.3 cm³/mol. The molecule has 0 aliphatic carbocycles. The minimum absolute atomic E-state index is 0.860. The highest BCUT2D eigenvalue weighted by atomic mass is 35.5. The molecule has 2 rings (SSSR count). The van der Waals surface area contributed by atoms with Crippen LogP contribution in [0.25, 0.3) is 11.1 Å². The van der Waals surface area contributed by atoms with Crippen molar-refractivity contribution in [3.05, 3.63) is 59.1 Å². The molecule has 0 atom stereocenters. The van der Waals surface area contributed by atoms with E-state index in [9.17, 15) is 0 Å². The van der Waals surface area contributed by atoms with Crippen molar-refractivity contribution in [2.24, 2.45) is 0 Å². The number of hydrogen-bond acceptors (Lipinski definition) is 0. The Balaban J connectivity index is 2.43. The number of aryl methyl sites for hydroxylation is 1. The van der Waals surface area contributed by atoms with Gasteiger partial charge in [-0.2, -0.15) is 0 Å². The summed E-state index contributed by atoms with van der Waals surface area (Å²) >= 11 is 6.18. The normalized spacial score (nSPS) is 10.3. The molecule has 0 saturated carbocycles. The number of hydrogen-bond donors (Lipinski definition) is 0. The molecular weight excluding hydrogens is 204 g/mol. The maximum Gasteiger partial charge on any atom is 0.0444 e. The molecule has 0 N–H and O–H groups in total. The van der Waals surface area contributed by atoms with Gasteiger partial charge in [0.15, 0.2) is 0 Å². The molecule has 0 saturated heterocycles. The highest BCUT2D eigenvalue weighted by molar-refractivity contribution is 6.31. The van der Waals surface area contributed by atoms with Crippen molar-refractivity contribution in [1.82, 2.24) is 0 Å². The van der Waals surface area contributed by atoms with E-state index in [1.165, 1.54) is 16.7 Å². The Morgan fingerprint density at radius 3 is 2.27 bits per heavy atom. The van der Waals surface area contributed by atoms with E-state index in [1.54, 1.807) is 0 Å². The lowest BCUT2D eigenvalue weighted by Crippen LogP contribution is -1.83. The molecule has 0 aliphatic rings. The van der Waals surface area contributed by atoms with E-state index in [1.807, 2.05) is 24.3 Å². The number of rotatable bonds is 2. The zero-order chi connectivity index (χ0) is 10.7. The van der Waals surface area contributed by atoms with Crippen LogP contribution in [0.5, 0.6) is 0 Å². The van der Waals surface area contributed by atoms with E-state index >= 15 is 0 Å². The summed E-state index contributed by atoms with van der Waals surface area (Å²) in [6.45, 7) is 2.11. The van der Waals surface area contributed by atoms with Crippen molar-refractivity contribution in [2.45, 2.75) is 13.3 Å². The predicted octanol–water partition coefficient (Wildman–Crippen LogP) is 4.57. The first-order chi connectivity index (χ1) is 7.31. The molecule has 0 bridgehead atoms. The molecule has 1 heteroatoms. The Morgan fingerprint density at radius 1 is 0.933 bits per heavy atom. The Hall–Kier alpha value is -1.27. The fourth-order valence-corrected chi connectivity index (χ4v) is 1.96. The molecule has 0 unspecified atom stereocenters. The van der Waals surface area contributed by atoms with Gasteiger partial charge in [0.25, 0.3) is 0 Å². The van der Waals surface area contributed by atoms with E-state index in [-0.39, 0.29) is 0 Å². The van der Waals surface area contributed by atoms with E-state index < -0.39 is 0 Å². The van der Waals surface area contributed by atoms with E-state index in [0.717, 1.165) is 11.4 Å². The first kappa shape index (κ1) is 10.3. The second-order valence-corrected chi connectivity index (χ2v) is 3.93. The van der Waals surface area contributed by atoms with Crippen molar-refractivity contribution in [2.75, 3.05) is 0 Å². The van der Waals surface area contributed by atoms with Crippen LogP contribution in [-0.4, -0.2) is 0 Å². The molecule has 0 amide bonds. The van der Waals surface area contributed by atoms with Crippen molar-refractivity contribution < 1.29 is 0 Å². The summed E-state index contributed by atoms with van der Waals surface area (Å²) in [4.78, 5) is 0. The third-order valence-corrected chi connectivity index (χ3v) is 2.89. The summed E-state index contributed by atoms with van der Waals surface area (Å²) in [5.41, 5.74) is 3.59. The molecule has 0 spiro atoms. The molecule has 15 heavy (non-hydrogen) atoms. The van der Waals surface area contributed by atoms with Crippen LogP contribution in [0.2, 0.25) is 5.02 Å². The van der Waals surface area contributed by atoms with Gasteiger partial charge < -0.3 is 0 Å². The molecule has 0 aliphatic heterocycles. The first-order valence-corrected chi connectivity index (χ1v) is 5.53. The highest BCUT2D eigenvalue weighted by Gasteiger charge is 2.01. The first-order valence-electron chi connectivity index (χ1n) is 5.15. The fourth-order valence-electron chi connectivity index (χ4n) is 1.64. The van der Waals surface area contributed by atoms with Crippen LogP contribution in [0, 0.1) is 0 Å². The lowest BCUT2D eigenvalue weighted by Gasteiger charge is -2.05. The van der Waals surface area contributed by atoms with Gasteiger partial charge in [0.05, 0.1) is 0 Å². The Labute approximate surface area is 95.5 Å². The van der Waals surface area contributed by atoms with Gasteiger partial charge in [-0.1, -0.05) is 61.0 Å². The van der Waals surface area contributed by atoms with Gasteiger partial charge in [-0.15, -0.1) is 0 Å². The van der Waals surface area contributed by atoms with E-state index in [2.05, 4.69) is 31.2 Å². The zero-order valence-corrected chi connectivity index (χ0v) is 9.46. The van der Waals surface area contributed by atoms with Crippen molar-refractivity contribution in [3.63, 3.8) is 0 Å². The summed E-state index contributed by atoms with van der Waals surface area (Å²) in [5.74, 6) is 0. The summed E-state index contributed by atoms with van der Waals surface area (Å²) in [7, 11) is 0. The van der Waals surface area contributed by atoms with Gasteiger partial charge in [-0.25, -0.2) is 0 Å². The molecule has 2 aromatic carbocycles. The van der Waals surface area contributed by atoms with Crippen LogP contribution >= 0.6 is 11.6 Å². The average Bonchev–Trinajstić information content (AvgIpc) is 2.30. The topological polar surface area (TPSA) is 0 Å². The molecule has 2 aromatic rings. The van der Waals surface area contributed by atoms with Crippen LogP contribution in [0.3, 0.4) is 0 Å². The molecule has 0 aromatic heterocycles. The van der Waals surface area contributed by atoms with Gasteiger partial charge >= 0.3 is 0 Å². The molecule has 0 fully saturated rings. The van der Waals surface area contributed by atoms with Crippen molar-refractivity contribution in [1.29, 1.82) is 0 Å². The molecule has 0 nitrogen and oxygen atoms in total. The molecular formula is C14H13Cl. The van der Waals surface area contributed by atoms with Gasteiger partial charge in [-0.3, -0.25) is 0 Å². The summed E-state index contributed by atoms with van der Waals surface area (Å²) in [6, 6.07) is 16.6. The van der Waals surface area contributed by atoms with E-state index in [0.29, 0.717) is 0 Å². The lowest BCUT2D eigenvalue weighted by atomic mass is 10.0. The smallest absolute Gasteiger partial charge is 0.0444 e. The van der Waals surface area contributed by atoms with E-state index in [4.69, 9.17) is 11.6 Å². The summed E-state index contributed by atoms with van der Waals surface area (Å²) < 4.78 is 0. The Morgan fingerprint density at radius 2 is 1.67 bits per heavy atom. The van der Waals surface area contributed by atoms with Gasteiger partial charge in [0.1, 0.15) is 0 Å². The Kier molecular flexibility index (Phi) is 3.08. The molecule has 0 radical (unpaired) electrons. The van der Waals surface area contributed by atoms with Crippen LogP contribution in [0.1, 0.15) is 12.5 Å². The minimum atomic E-state index is 0.860. The monoisotopic (exact) mass is 216 g/mol. The maximum atomic E-state index is 6.18. The lowest BCUT2D eigenvalue weighted by molar-refractivity contribution is 1.14. The molecule has 76 valence electrons. The summed E-state index contributed by atoms with van der Waals surface area (Å²) in [6.07, 6.45) is 0.980. The second kappa shape index (κ2) is 4.50. The number of halogens is 1. The zero-order valence-electron chi connectivity index (χ0n) is 8.70. The quantitative estimate of drug-likeness (QED) is 0.690.